The van der Waals surface area contributed by atoms with E-state index >= 15 is 0 Å². The van der Waals surface area contributed by atoms with Crippen molar-refractivity contribution < 1.29 is 27.9 Å². The molecule has 1 atom stereocenters. The maximum atomic E-state index is 13.6. The Bertz CT molecular complexity index is 898. The lowest BCUT2D eigenvalue weighted by molar-refractivity contribution is -0.150. The van der Waals surface area contributed by atoms with E-state index in [0.29, 0.717) is 11.6 Å². The van der Waals surface area contributed by atoms with Crippen molar-refractivity contribution >= 4 is 23.5 Å². The molecule has 8 heteroatoms. The summed E-state index contributed by atoms with van der Waals surface area (Å²) in [6.07, 6.45) is 0. The molecular formula is C21H22F2N2O4. The zero-order chi connectivity index (χ0) is 21.6. The Hall–Kier alpha value is -3.29. The van der Waals surface area contributed by atoms with Crippen LogP contribution >= 0.6 is 0 Å². The number of esters is 1. The van der Waals surface area contributed by atoms with Gasteiger partial charge in [-0.1, -0.05) is 31.5 Å². The minimum absolute atomic E-state index is 0.236. The average Bonchev–Trinajstić information content (AvgIpc) is 2.66. The van der Waals surface area contributed by atoms with Gasteiger partial charge < -0.3 is 15.4 Å². The molecule has 0 aromatic heterocycles. The Morgan fingerprint density at radius 1 is 1.03 bits per heavy atom. The molecule has 0 aliphatic rings. The van der Waals surface area contributed by atoms with Crippen molar-refractivity contribution in [2.75, 3.05) is 11.9 Å². The van der Waals surface area contributed by atoms with Crippen LogP contribution in [-0.2, 0) is 14.3 Å². The van der Waals surface area contributed by atoms with Gasteiger partial charge in [0.15, 0.2) is 6.61 Å². The molecular weight excluding hydrogens is 382 g/mol. The number of ether oxygens (including phenoxy) is 1. The fourth-order valence-corrected chi connectivity index (χ4v) is 2.43. The first kappa shape index (κ1) is 22.0. The Kier molecular flexibility index (Phi) is 7.41. The summed E-state index contributed by atoms with van der Waals surface area (Å²) >= 11 is 0. The average molecular weight is 404 g/mol. The zero-order valence-corrected chi connectivity index (χ0v) is 16.3. The molecule has 2 aromatic rings. The first-order valence-electron chi connectivity index (χ1n) is 8.96. The molecule has 0 saturated heterocycles. The number of hydrogen-bond donors (Lipinski definition) is 2. The van der Waals surface area contributed by atoms with Crippen molar-refractivity contribution in [1.29, 1.82) is 0 Å². The second kappa shape index (κ2) is 9.77. The lowest BCUT2D eigenvalue weighted by atomic mass is 10.0. The summed E-state index contributed by atoms with van der Waals surface area (Å²) in [6.45, 7) is 4.64. The Morgan fingerprint density at radius 3 is 2.28 bits per heavy atom. The van der Waals surface area contributed by atoms with Crippen molar-refractivity contribution in [3.63, 3.8) is 0 Å². The highest BCUT2D eigenvalue weighted by atomic mass is 19.1. The summed E-state index contributed by atoms with van der Waals surface area (Å²) in [7, 11) is 0. The number of hydrogen-bond acceptors (Lipinski definition) is 4. The van der Waals surface area contributed by atoms with Crippen LogP contribution in [0, 0.1) is 24.5 Å². The molecule has 0 spiro atoms. The van der Waals surface area contributed by atoms with Crippen LogP contribution in [0.3, 0.4) is 0 Å². The van der Waals surface area contributed by atoms with Gasteiger partial charge in [0, 0.05) is 11.6 Å². The number of amides is 2. The van der Waals surface area contributed by atoms with Gasteiger partial charge in [0.1, 0.15) is 17.7 Å². The standard InChI is InChI=1S/C21H22F2N2O4/c1-12(2)19(25-20(27)14-6-4-13(3)5-7-14)21(28)29-11-18(26)24-17-9-8-15(22)10-16(17)23/h4-10,12,19H,11H2,1-3H3,(H,24,26)(H,25,27)/t19-/m0/s1. The number of rotatable bonds is 7. The van der Waals surface area contributed by atoms with E-state index < -0.39 is 42.1 Å². The van der Waals surface area contributed by atoms with Gasteiger partial charge in [-0.25, -0.2) is 13.6 Å². The largest absolute Gasteiger partial charge is 0.454 e. The van der Waals surface area contributed by atoms with Crippen LogP contribution in [0.25, 0.3) is 0 Å². The summed E-state index contributed by atoms with van der Waals surface area (Å²) in [4.78, 5) is 36.6. The first-order chi connectivity index (χ1) is 13.7. The van der Waals surface area contributed by atoms with Crippen molar-refractivity contribution in [3.8, 4) is 0 Å². The molecule has 0 saturated carbocycles. The van der Waals surface area contributed by atoms with E-state index in [1.54, 1.807) is 38.1 Å². The van der Waals surface area contributed by atoms with Crippen molar-refractivity contribution in [1.82, 2.24) is 5.32 Å². The number of carbonyl (C=O) groups excluding carboxylic acids is 3. The molecule has 2 N–H and O–H groups in total. The molecule has 2 rings (SSSR count). The SMILES string of the molecule is Cc1ccc(C(=O)N[C@H](C(=O)OCC(=O)Nc2ccc(F)cc2F)C(C)C)cc1. The van der Waals surface area contributed by atoms with Crippen molar-refractivity contribution in [2.45, 2.75) is 26.8 Å². The van der Waals surface area contributed by atoms with E-state index in [4.69, 9.17) is 4.74 Å². The monoisotopic (exact) mass is 404 g/mol. The van der Waals surface area contributed by atoms with Crippen molar-refractivity contribution in [3.05, 3.63) is 65.2 Å². The topological polar surface area (TPSA) is 84.5 Å². The van der Waals surface area contributed by atoms with E-state index in [1.165, 1.54) is 0 Å². The van der Waals surface area contributed by atoms with Gasteiger partial charge in [-0.2, -0.15) is 0 Å². The van der Waals surface area contributed by atoms with Crippen LogP contribution in [0.15, 0.2) is 42.5 Å². The fraction of sp³-hybridized carbons (Fsp3) is 0.286. The highest BCUT2D eigenvalue weighted by Gasteiger charge is 2.27. The molecule has 6 nitrogen and oxygen atoms in total. The summed E-state index contributed by atoms with van der Waals surface area (Å²) in [5, 5.41) is 4.78. The fourth-order valence-electron chi connectivity index (χ4n) is 2.43. The van der Waals surface area contributed by atoms with E-state index in [0.717, 1.165) is 17.7 Å². The molecule has 29 heavy (non-hydrogen) atoms. The van der Waals surface area contributed by atoms with Gasteiger partial charge in [0.05, 0.1) is 5.69 Å². The van der Waals surface area contributed by atoms with Gasteiger partial charge in [0.2, 0.25) is 0 Å². The quantitative estimate of drug-likeness (QED) is 0.694. The first-order valence-corrected chi connectivity index (χ1v) is 8.96. The van der Waals surface area contributed by atoms with Crippen LogP contribution in [0.2, 0.25) is 0 Å². The van der Waals surface area contributed by atoms with E-state index in [1.807, 2.05) is 6.92 Å². The third-order valence-corrected chi connectivity index (χ3v) is 4.07. The summed E-state index contributed by atoms with van der Waals surface area (Å²) in [5.74, 6) is -4.06. The normalized spacial score (nSPS) is 11.7. The van der Waals surface area contributed by atoms with E-state index in [-0.39, 0.29) is 11.6 Å². The number of aryl methyl sites for hydroxylation is 1. The minimum Gasteiger partial charge on any atom is -0.454 e. The lowest BCUT2D eigenvalue weighted by Gasteiger charge is -2.21. The molecule has 154 valence electrons. The molecule has 0 aliphatic heterocycles. The van der Waals surface area contributed by atoms with Crippen LogP contribution in [0.4, 0.5) is 14.5 Å². The molecule has 2 aromatic carbocycles. The number of anilines is 1. The molecule has 0 heterocycles. The number of benzene rings is 2. The van der Waals surface area contributed by atoms with E-state index in [2.05, 4.69) is 10.6 Å². The van der Waals surface area contributed by atoms with Crippen LogP contribution in [0.1, 0.15) is 29.8 Å². The number of nitrogens with one attached hydrogen (secondary N) is 2. The van der Waals surface area contributed by atoms with Gasteiger partial charge in [-0.15, -0.1) is 0 Å². The van der Waals surface area contributed by atoms with Gasteiger partial charge in [-0.05, 0) is 37.1 Å². The molecule has 0 fully saturated rings. The number of carbonyl (C=O) groups is 3. The smallest absolute Gasteiger partial charge is 0.329 e. The second-order valence-corrected chi connectivity index (χ2v) is 6.84. The summed E-state index contributed by atoms with van der Waals surface area (Å²) in [6, 6.07) is 8.52. The predicted molar refractivity (Wildman–Crippen MR) is 103 cm³/mol. The second-order valence-electron chi connectivity index (χ2n) is 6.84. The van der Waals surface area contributed by atoms with E-state index in [9.17, 15) is 23.2 Å². The van der Waals surface area contributed by atoms with Gasteiger partial charge in [0.25, 0.3) is 11.8 Å². The molecule has 0 aliphatic carbocycles. The van der Waals surface area contributed by atoms with Gasteiger partial charge in [-0.3, -0.25) is 9.59 Å². The van der Waals surface area contributed by atoms with Crippen LogP contribution in [0.5, 0.6) is 0 Å². The predicted octanol–water partition coefficient (Wildman–Crippen LogP) is 3.21. The summed E-state index contributed by atoms with van der Waals surface area (Å²) < 4.78 is 31.4. The lowest BCUT2D eigenvalue weighted by Crippen LogP contribution is -2.45. The molecule has 0 bridgehead atoms. The number of halogens is 2. The minimum atomic E-state index is -0.973. The Morgan fingerprint density at radius 2 is 1.69 bits per heavy atom. The maximum absolute atomic E-state index is 13.6. The maximum Gasteiger partial charge on any atom is 0.329 e. The van der Waals surface area contributed by atoms with Crippen LogP contribution in [-0.4, -0.2) is 30.4 Å². The third kappa shape index (κ3) is 6.38. The molecule has 0 radical (unpaired) electrons. The third-order valence-electron chi connectivity index (χ3n) is 4.07. The van der Waals surface area contributed by atoms with Crippen molar-refractivity contribution in [2.24, 2.45) is 5.92 Å². The molecule has 2 amide bonds. The highest BCUT2D eigenvalue weighted by Crippen LogP contribution is 2.15. The Balaban J connectivity index is 1.94. The zero-order valence-electron chi connectivity index (χ0n) is 16.3. The highest BCUT2D eigenvalue weighted by molar-refractivity contribution is 5.97. The Labute approximate surface area is 167 Å². The van der Waals surface area contributed by atoms with Crippen LogP contribution < -0.4 is 10.6 Å². The van der Waals surface area contributed by atoms with Gasteiger partial charge >= 0.3 is 5.97 Å². The summed E-state index contributed by atoms with van der Waals surface area (Å²) in [5.41, 5.74) is 1.14. The molecule has 0 unspecified atom stereocenters.